The molecule has 0 aliphatic carbocycles. The zero-order valence-electron chi connectivity index (χ0n) is 8.61. The Labute approximate surface area is 110 Å². The van der Waals surface area contributed by atoms with E-state index in [1.807, 2.05) is 36.4 Å². The van der Waals surface area contributed by atoms with Crippen LogP contribution in [0, 0.1) is 0 Å². The SMILES string of the molecule is [Cl][Sn]([Cl])[CH](c1ccccc1)c1ccccc1. The monoisotopic (exact) mass is 357 g/mol. The van der Waals surface area contributed by atoms with Gasteiger partial charge in [0.25, 0.3) is 0 Å². The van der Waals surface area contributed by atoms with E-state index in [1.54, 1.807) is 0 Å². The van der Waals surface area contributed by atoms with E-state index in [0.717, 1.165) is 0 Å². The number of hydrogen-bond acceptors (Lipinski definition) is 0. The van der Waals surface area contributed by atoms with E-state index >= 15 is 0 Å². The van der Waals surface area contributed by atoms with E-state index in [9.17, 15) is 0 Å². The minimum absolute atomic E-state index is 0.230. The minimum atomic E-state index is -2.36. The molecule has 0 spiro atoms. The van der Waals surface area contributed by atoms with Crippen LogP contribution in [0.15, 0.2) is 60.7 Å². The Morgan fingerprint density at radius 3 is 1.38 bits per heavy atom. The Morgan fingerprint density at radius 1 is 0.688 bits per heavy atom. The second-order valence-electron chi connectivity index (χ2n) is 3.54. The van der Waals surface area contributed by atoms with Crippen molar-refractivity contribution in [1.82, 2.24) is 0 Å². The molecule has 0 N–H and O–H groups in total. The van der Waals surface area contributed by atoms with Crippen LogP contribution < -0.4 is 0 Å². The van der Waals surface area contributed by atoms with Gasteiger partial charge in [0.1, 0.15) is 0 Å². The van der Waals surface area contributed by atoms with Crippen molar-refractivity contribution < 1.29 is 0 Å². The Morgan fingerprint density at radius 2 is 1.06 bits per heavy atom. The third kappa shape index (κ3) is 2.93. The van der Waals surface area contributed by atoms with Gasteiger partial charge in [0.2, 0.25) is 0 Å². The summed E-state index contributed by atoms with van der Waals surface area (Å²) in [4.78, 5) is 0. The molecule has 2 rings (SSSR count). The summed E-state index contributed by atoms with van der Waals surface area (Å²) in [5.41, 5.74) is 2.46. The molecule has 3 heteroatoms. The Hall–Kier alpha value is -0.181. The molecule has 0 unspecified atom stereocenters. The van der Waals surface area contributed by atoms with Crippen molar-refractivity contribution in [2.45, 2.75) is 3.93 Å². The molecule has 1 radical (unpaired) electrons. The maximum atomic E-state index is 6.27. The van der Waals surface area contributed by atoms with E-state index in [4.69, 9.17) is 17.8 Å². The first-order valence-electron chi connectivity index (χ1n) is 5.07. The molecule has 0 aromatic heterocycles. The average Bonchev–Trinajstić information content (AvgIpc) is 2.31. The Balaban J connectivity index is 2.40. The molecule has 0 fully saturated rings. The fraction of sp³-hybridized carbons (Fsp3) is 0.0769. The van der Waals surface area contributed by atoms with E-state index in [-0.39, 0.29) is 3.93 Å². The van der Waals surface area contributed by atoms with Crippen molar-refractivity contribution in [3.8, 4) is 0 Å². The van der Waals surface area contributed by atoms with Crippen molar-refractivity contribution in [1.29, 1.82) is 0 Å². The average molecular weight is 357 g/mol. The molecule has 0 atom stereocenters. The molecular formula is C13H11Cl2Sn. The van der Waals surface area contributed by atoms with Crippen LogP contribution in [-0.2, 0) is 0 Å². The normalized spacial score (nSPS) is 11.0. The van der Waals surface area contributed by atoms with Crippen LogP contribution in [0.4, 0.5) is 0 Å². The molecular weight excluding hydrogens is 346 g/mol. The van der Waals surface area contributed by atoms with Crippen LogP contribution >= 0.6 is 17.8 Å². The topological polar surface area (TPSA) is 0 Å². The first-order chi connectivity index (χ1) is 7.79. The van der Waals surface area contributed by atoms with Gasteiger partial charge < -0.3 is 0 Å². The van der Waals surface area contributed by atoms with Gasteiger partial charge >= 0.3 is 111 Å². The van der Waals surface area contributed by atoms with Crippen LogP contribution in [-0.4, -0.2) is 17.5 Å². The summed E-state index contributed by atoms with van der Waals surface area (Å²) in [6.45, 7) is 0. The molecule has 81 valence electrons. The molecule has 16 heavy (non-hydrogen) atoms. The van der Waals surface area contributed by atoms with Gasteiger partial charge in [-0.2, -0.15) is 0 Å². The predicted octanol–water partition coefficient (Wildman–Crippen LogP) is 4.32. The molecule has 0 bridgehead atoms. The van der Waals surface area contributed by atoms with Gasteiger partial charge in [-0.3, -0.25) is 0 Å². The van der Waals surface area contributed by atoms with Gasteiger partial charge in [-0.1, -0.05) is 0 Å². The van der Waals surface area contributed by atoms with E-state index in [1.165, 1.54) is 11.1 Å². The van der Waals surface area contributed by atoms with Crippen molar-refractivity contribution in [3.05, 3.63) is 71.8 Å². The van der Waals surface area contributed by atoms with E-state index in [2.05, 4.69) is 24.3 Å². The third-order valence-electron chi connectivity index (χ3n) is 2.48. The van der Waals surface area contributed by atoms with Crippen LogP contribution in [0.3, 0.4) is 0 Å². The molecule has 2 aromatic carbocycles. The zero-order valence-corrected chi connectivity index (χ0v) is 13.0. The Bertz CT molecular complexity index is 389. The van der Waals surface area contributed by atoms with Crippen molar-refractivity contribution in [2.24, 2.45) is 0 Å². The number of hydrogen-bond donors (Lipinski definition) is 0. The molecule has 0 nitrogen and oxygen atoms in total. The molecule has 0 aliphatic rings. The van der Waals surface area contributed by atoms with E-state index < -0.39 is 17.5 Å². The van der Waals surface area contributed by atoms with Gasteiger partial charge in [0, 0.05) is 0 Å². The molecule has 0 saturated carbocycles. The first-order valence-corrected chi connectivity index (χ1v) is 13.9. The molecule has 0 amide bonds. The summed E-state index contributed by atoms with van der Waals surface area (Å²) in [6.07, 6.45) is 0. The van der Waals surface area contributed by atoms with Crippen molar-refractivity contribution in [2.75, 3.05) is 0 Å². The van der Waals surface area contributed by atoms with Crippen molar-refractivity contribution in [3.63, 3.8) is 0 Å². The van der Waals surface area contributed by atoms with Gasteiger partial charge in [0.15, 0.2) is 0 Å². The second-order valence-corrected chi connectivity index (χ2v) is 13.6. The fourth-order valence-corrected chi connectivity index (χ4v) is 7.65. The molecule has 0 saturated heterocycles. The third-order valence-corrected chi connectivity index (χ3v) is 8.56. The summed E-state index contributed by atoms with van der Waals surface area (Å²) < 4.78 is 0.230. The second kappa shape index (κ2) is 5.94. The molecule has 0 aliphatic heterocycles. The van der Waals surface area contributed by atoms with Gasteiger partial charge in [-0.25, -0.2) is 0 Å². The number of rotatable bonds is 3. The standard InChI is InChI=1S/C13H11.2ClH.Sn/c1-3-7-12(8-4-1)11-13-9-5-2-6-10-13;;;/h1-11H;2*1H;/q;;;+2/p-2. The van der Waals surface area contributed by atoms with Gasteiger partial charge in [-0.15, -0.1) is 0 Å². The number of halogens is 2. The first kappa shape index (κ1) is 12.3. The van der Waals surface area contributed by atoms with Gasteiger partial charge in [0.05, 0.1) is 0 Å². The van der Waals surface area contributed by atoms with Crippen LogP contribution in [0.2, 0.25) is 0 Å². The zero-order chi connectivity index (χ0) is 11.4. The van der Waals surface area contributed by atoms with E-state index in [0.29, 0.717) is 0 Å². The fourth-order valence-electron chi connectivity index (χ4n) is 1.74. The molecule has 2 aromatic rings. The predicted molar refractivity (Wildman–Crippen MR) is 72.2 cm³/mol. The maximum absolute atomic E-state index is 6.27. The molecule has 0 heterocycles. The van der Waals surface area contributed by atoms with Crippen LogP contribution in [0.25, 0.3) is 0 Å². The van der Waals surface area contributed by atoms with Crippen LogP contribution in [0.5, 0.6) is 0 Å². The summed E-state index contributed by atoms with van der Waals surface area (Å²) in [7, 11) is 12.5. The van der Waals surface area contributed by atoms with Gasteiger partial charge in [-0.05, 0) is 0 Å². The number of benzene rings is 2. The summed E-state index contributed by atoms with van der Waals surface area (Å²) in [5.74, 6) is 0. The summed E-state index contributed by atoms with van der Waals surface area (Å²) >= 11 is -2.36. The van der Waals surface area contributed by atoms with Crippen LogP contribution in [0.1, 0.15) is 15.1 Å². The quantitative estimate of drug-likeness (QED) is 0.718. The summed E-state index contributed by atoms with van der Waals surface area (Å²) in [6, 6.07) is 20.6. The van der Waals surface area contributed by atoms with Crippen molar-refractivity contribution >= 4 is 35.3 Å². The summed E-state index contributed by atoms with van der Waals surface area (Å²) in [5, 5.41) is 0. The Kier molecular flexibility index (Phi) is 4.56.